The third kappa shape index (κ3) is 4.98. The molecule has 0 bridgehead atoms. The lowest BCUT2D eigenvalue weighted by molar-refractivity contribution is -0.118. The Morgan fingerprint density at radius 1 is 1.29 bits per heavy atom. The molecule has 0 saturated carbocycles. The number of nitrogens with one attached hydrogen (secondary N) is 2. The van der Waals surface area contributed by atoms with Crippen LogP contribution in [0.3, 0.4) is 0 Å². The first-order chi connectivity index (χ1) is 16.6. The summed E-state index contributed by atoms with van der Waals surface area (Å²) in [4.78, 5) is 18.2. The van der Waals surface area contributed by atoms with Gasteiger partial charge in [-0.15, -0.1) is 0 Å². The summed E-state index contributed by atoms with van der Waals surface area (Å²) in [5, 5.41) is 7.26. The molecule has 1 saturated heterocycles. The van der Waals surface area contributed by atoms with E-state index in [4.69, 9.17) is 9.47 Å². The predicted octanol–water partition coefficient (Wildman–Crippen LogP) is 3.32. The smallest absolute Gasteiger partial charge is 0.262 e. The molecule has 1 fully saturated rings. The lowest BCUT2D eigenvalue weighted by Gasteiger charge is -2.35. The normalized spacial score (nSPS) is 20.5. The molecule has 2 atom stereocenters. The van der Waals surface area contributed by atoms with E-state index < -0.39 is 6.17 Å². The van der Waals surface area contributed by atoms with Crippen LogP contribution in [0.15, 0.2) is 48.7 Å². The Kier molecular flexibility index (Phi) is 6.60. The van der Waals surface area contributed by atoms with Crippen molar-refractivity contribution in [3.63, 3.8) is 0 Å². The topological polar surface area (TPSA) is 75.7 Å². The van der Waals surface area contributed by atoms with Crippen LogP contribution in [0.1, 0.15) is 17.5 Å². The van der Waals surface area contributed by atoms with Crippen molar-refractivity contribution in [3.05, 3.63) is 59.8 Å². The van der Waals surface area contributed by atoms with Crippen molar-refractivity contribution in [2.24, 2.45) is 0 Å². The van der Waals surface area contributed by atoms with Crippen LogP contribution in [0.4, 0.5) is 10.1 Å². The molecular weight excluding hydrogens is 435 g/mol. The third-order valence-corrected chi connectivity index (χ3v) is 6.59. The van der Waals surface area contributed by atoms with Crippen LogP contribution >= 0.6 is 0 Å². The maximum Gasteiger partial charge on any atom is 0.262 e. The number of anilines is 1. The summed E-state index contributed by atoms with van der Waals surface area (Å²) in [6, 6.07) is 13.6. The molecule has 7 nitrogen and oxygen atoms in total. The fourth-order valence-electron chi connectivity index (χ4n) is 4.69. The molecule has 0 aliphatic carbocycles. The minimum atomic E-state index is -0.941. The molecule has 34 heavy (non-hydrogen) atoms. The van der Waals surface area contributed by atoms with Crippen molar-refractivity contribution in [2.45, 2.75) is 31.6 Å². The number of amides is 1. The summed E-state index contributed by atoms with van der Waals surface area (Å²) in [6.45, 7) is 2.64. The van der Waals surface area contributed by atoms with Crippen LogP contribution in [0.25, 0.3) is 10.9 Å². The molecule has 2 aromatic carbocycles. The molecule has 0 spiro atoms. The molecule has 1 amide bonds. The first-order valence-electron chi connectivity index (χ1n) is 11.7. The Morgan fingerprint density at radius 2 is 2.21 bits per heavy atom. The van der Waals surface area contributed by atoms with Crippen LogP contribution in [0.5, 0.6) is 11.5 Å². The molecule has 2 aliphatic heterocycles. The van der Waals surface area contributed by atoms with Crippen LogP contribution in [-0.2, 0) is 17.8 Å². The SMILES string of the molecule is COc1cnc2cccc(CCN3CCC(NCc4ccc5c(c4)NC(=O)CO5)C(F)C3)c2c1. The number of likely N-dealkylation sites (tertiary alicyclic amines) is 1. The number of carbonyl (C=O) groups excluding carboxylic acids is 1. The Hall–Kier alpha value is -3.23. The minimum Gasteiger partial charge on any atom is -0.495 e. The Balaban J connectivity index is 1.14. The molecule has 2 N–H and O–H groups in total. The number of hydrogen-bond donors (Lipinski definition) is 2. The zero-order valence-electron chi connectivity index (χ0n) is 19.2. The number of carbonyl (C=O) groups is 1. The number of benzene rings is 2. The van der Waals surface area contributed by atoms with Gasteiger partial charge in [-0.3, -0.25) is 14.7 Å². The van der Waals surface area contributed by atoms with E-state index in [0.717, 1.165) is 48.1 Å². The first kappa shape index (κ1) is 22.6. The number of aromatic nitrogens is 1. The quantitative estimate of drug-likeness (QED) is 0.559. The van der Waals surface area contributed by atoms with Gasteiger partial charge >= 0.3 is 0 Å². The highest BCUT2D eigenvalue weighted by Gasteiger charge is 2.28. The summed E-state index contributed by atoms with van der Waals surface area (Å²) in [6.07, 6.45) is 2.37. The average Bonchev–Trinajstić information content (AvgIpc) is 2.86. The van der Waals surface area contributed by atoms with Gasteiger partial charge in [0, 0.05) is 31.1 Å². The number of pyridine rings is 1. The van der Waals surface area contributed by atoms with Crippen molar-refractivity contribution in [1.29, 1.82) is 0 Å². The van der Waals surface area contributed by atoms with E-state index >= 15 is 0 Å². The van der Waals surface area contributed by atoms with Gasteiger partial charge in [0.25, 0.3) is 5.91 Å². The first-order valence-corrected chi connectivity index (χ1v) is 11.7. The highest BCUT2D eigenvalue weighted by atomic mass is 19.1. The lowest BCUT2D eigenvalue weighted by atomic mass is 10.0. The van der Waals surface area contributed by atoms with Crippen molar-refractivity contribution < 1.29 is 18.7 Å². The van der Waals surface area contributed by atoms with E-state index in [9.17, 15) is 9.18 Å². The minimum absolute atomic E-state index is 0.0400. The molecule has 8 heteroatoms. The van der Waals surface area contributed by atoms with Gasteiger partial charge < -0.3 is 20.1 Å². The van der Waals surface area contributed by atoms with Crippen molar-refractivity contribution >= 4 is 22.5 Å². The van der Waals surface area contributed by atoms with Gasteiger partial charge in [-0.1, -0.05) is 18.2 Å². The number of fused-ring (bicyclic) bond motifs is 2. The number of ether oxygens (including phenoxy) is 2. The molecule has 1 aromatic heterocycles. The molecule has 3 aromatic rings. The van der Waals surface area contributed by atoms with E-state index in [2.05, 4.69) is 26.6 Å². The van der Waals surface area contributed by atoms with Crippen LogP contribution < -0.4 is 20.1 Å². The van der Waals surface area contributed by atoms with Crippen molar-refractivity contribution in [2.75, 3.05) is 38.7 Å². The van der Waals surface area contributed by atoms with Gasteiger partial charge in [-0.2, -0.15) is 0 Å². The average molecular weight is 465 g/mol. The summed E-state index contributed by atoms with van der Waals surface area (Å²) in [5.41, 5.74) is 3.79. The number of piperidine rings is 1. The number of alkyl halides is 1. The second-order valence-electron chi connectivity index (χ2n) is 8.87. The van der Waals surface area contributed by atoms with E-state index in [1.54, 1.807) is 13.3 Å². The maximum absolute atomic E-state index is 15.0. The van der Waals surface area contributed by atoms with Gasteiger partial charge in [0.2, 0.25) is 0 Å². The Labute approximate surface area is 198 Å². The zero-order chi connectivity index (χ0) is 23.5. The fraction of sp³-hybridized carbons (Fsp3) is 0.385. The number of nitrogens with zero attached hydrogens (tertiary/aromatic N) is 2. The lowest BCUT2D eigenvalue weighted by Crippen LogP contribution is -2.50. The van der Waals surface area contributed by atoms with Crippen LogP contribution in [0, 0.1) is 0 Å². The standard InChI is InChI=1S/C26H29FN4O3/c1-33-19-12-20-18(3-2-4-22(20)29-14-19)7-9-31-10-8-23(21(27)15-31)28-13-17-5-6-25-24(11-17)30-26(32)16-34-25/h2-6,11-12,14,21,23,28H,7-10,13,15-16H2,1H3,(H,30,32). The van der Waals surface area contributed by atoms with Crippen molar-refractivity contribution in [3.8, 4) is 11.5 Å². The van der Waals surface area contributed by atoms with Gasteiger partial charge in [-0.05, 0) is 54.8 Å². The van der Waals surface area contributed by atoms with Gasteiger partial charge in [0.05, 0.1) is 24.5 Å². The third-order valence-electron chi connectivity index (χ3n) is 6.59. The predicted molar refractivity (Wildman–Crippen MR) is 129 cm³/mol. The monoisotopic (exact) mass is 464 g/mol. The van der Waals surface area contributed by atoms with Crippen molar-refractivity contribution in [1.82, 2.24) is 15.2 Å². The van der Waals surface area contributed by atoms with Crippen LogP contribution in [-0.4, -0.2) is 61.4 Å². The van der Waals surface area contributed by atoms with E-state index in [-0.39, 0.29) is 18.6 Å². The molecular formula is C26H29FN4O3. The molecule has 5 rings (SSSR count). The number of methoxy groups -OCH3 is 1. The molecule has 2 unspecified atom stereocenters. The summed E-state index contributed by atoms with van der Waals surface area (Å²) in [7, 11) is 1.64. The highest BCUT2D eigenvalue weighted by molar-refractivity contribution is 5.95. The van der Waals surface area contributed by atoms with Gasteiger partial charge in [-0.25, -0.2) is 4.39 Å². The summed E-state index contributed by atoms with van der Waals surface area (Å²) in [5.74, 6) is 1.25. The molecule has 3 heterocycles. The zero-order valence-corrected chi connectivity index (χ0v) is 19.2. The second-order valence-corrected chi connectivity index (χ2v) is 8.87. The van der Waals surface area contributed by atoms with E-state index in [1.165, 1.54) is 5.56 Å². The largest absolute Gasteiger partial charge is 0.495 e. The van der Waals surface area contributed by atoms with E-state index in [0.29, 0.717) is 24.5 Å². The molecule has 178 valence electrons. The second kappa shape index (κ2) is 9.95. The van der Waals surface area contributed by atoms with E-state index in [1.807, 2.05) is 36.4 Å². The number of hydrogen-bond acceptors (Lipinski definition) is 6. The summed E-state index contributed by atoms with van der Waals surface area (Å²) < 4.78 is 25.7. The molecule has 0 radical (unpaired) electrons. The Morgan fingerprint density at radius 3 is 3.06 bits per heavy atom. The van der Waals surface area contributed by atoms with Gasteiger partial charge in [0.1, 0.15) is 17.7 Å². The molecule has 2 aliphatic rings. The summed E-state index contributed by atoms with van der Waals surface area (Å²) >= 11 is 0. The Bertz CT molecular complexity index is 1190. The van der Waals surface area contributed by atoms with Crippen LogP contribution in [0.2, 0.25) is 0 Å². The van der Waals surface area contributed by atoms with Gasteiger partial charge in [0.15, 0.2) is 6.61 Å². The maximum atomic E-state index is 15.0. The highest BCUT2D eigenvalue weighted by Crippen LogP contribution is 2.29. The number of rotatable bonds is 7. The fourth-order valence-corrected chi connectivity index (χ4v) is 4.69. The number of halogens is 1.